The van der Waals surface area contributed by atoms with Crippen molar-refractivity contribution in [1.29, 1.82) is 0 Å². The fraction of sp³-hybridized carbons (Fsp3) is 0.467. The maximum atomic E-state index is 12.6. The van der Waals surface area contributed by atoms with Crippen LogP contribution in [-0.2, 0) is 23.0 Å². The highest BCUT2D eigenvalue weighted by molar-refractivity contribution is 7.89. The largest absolute Gasteiger partial charge is 0.326 e. The predicted molar refractivity (Wildman–Crippen MR) is 80.8 cm³/mol. The number of sulfonamides is 1. The molecule has 0 aliphatic carbocycles. The molecule has 1 aromatic rings. The predicted octanol–water partition coefficient (Wildman–Crippen LogP) is 2.05. The maximum absolute atomic E-state index is 12.6. The van der Waals surface area contributed by atoms with E-state index in [1.807, 2.05) is 26.0 Å². The number of aryl methyl sites for hydroxylation is 1. The van der Waals surface area contributed by atoms with Gasteiger partial charge in [0.05, 0.1) is 4.90 Å². The van der Waals surface area contributed by atoms with Gasteiger partial charge in [-0.1, -0.05) is 24.6 Å². The Balaban J connectivity index is 2.35. The van der Waals surface area contributed by atoms with Gasteiger partial charge in [-0.15, -0.1) is 0 Å². The van der Waals surface area contributed by atoms with E-state index >= 15 is 0 Å². The van der Waals surface area contributed by atoms with Gasteiger partial charge < -0.3 is 5.73 Å². The molecular formula is C15H22N2O2S. The van der Waals surface area contributed by atoms with E-state index in [1.165, 1.54) is 9.88 Å². The van der Waals surface area contributed by atoms with Crippen LogP contribution < -0.4 is 5.73 Å². The molecule has 1 aromatic carbocycles. The first-order valence-electron chi connectivity index (χ1n) is 6.96. The smallest absolute Gasteiger partial charge is 0.243 e. The molecule has 1 heterocycles. The molecule has 0 atom stereocenters. The van der Waals surface area contributed by atoms with Crippen LogP contribution in [0.15, 0.2) is 34.7 Å². The van der Waals surface area contributed by atoms with Gasteiger partial charge in [-0.05, 0) is 43.0 Å². The van der Waals surface area contributed by atoms with Crippen molar-refractivity contribution in [3.63, 3.8) is 0 Å². The third kappa shape index (κ3) is 2.95. The Hall–Kier alpha value is -1.17. The molecule has 0 aromatic heterocycles. The van der Waals surface area contributed by atoms with Crippen LogP contribution in [0.4, 0.5) is 0 Å². The zero-order chi connectivity index (χ0) is 14.8. The highest BCUT2D eigenvalue weighted by Crippen LogP contribution is 2.22. The van der Waals surface area contributed by atoms with Gasteiger partial charge in [0.25, 0.3) is 0 Å². The number of hydrogen-bond acceptors (Lipinski definition) is 3. The van der Waals surface area contributed by atoms with E-state index in [9.17, 15) is 8.42 Å². The minimum Gasteiger partial charge on any atom is -0.326 e. The van der Waals surface area contributed by atoms with Gasteiger partial charge in [0.2, 0.25) is 10.0 Å². The second kappa shape index (κ2) is 6.08. The summed E-state index contributed by atoms with van der Waals surface area (Å²) < 4.78 is 26.8. The number of nitrogens with two attached hydrogens (primary N) is 1. The molecule has 0 saturated carbocycles. The van der Waals surface area contributed by atoms with E-state index < -0.39 is 10.0 Å². The van der Waals surface area contributed by atoms with Crippen molar-refractivity contribution in [2.75, 3.05) is 13.1 Å². The Morgan fingerprint density at radius 2 is 2.05 bits per heavy atom. The molecule has 2 N–H and O–H groups in total. The highest BCUT2D eigenvalue weighted by atomic mass is 32.2. The summed E-state index contributed by atoms with van der Waals surface area (Å²) in [7, 11) is -3.41. The Morgan fingerprint density at radius 1 is 1.30 bits per heavy atom. The molecule has 0 spiro atoms. The summed E-state index contributed by atoms with van der Waals surface area (Å²) in [5, 5.41) is 0. The molecule has 0 radical (unpaired) electrons. The molecule has 0 amide bonds. The van der Waals surface area contributed by atoms with Crippen molar-refractivity contribution in [3.05, 3.63) is 41.0 Å². The molecule has 1 aliphatic heterocycles. The van der Waals surface area contributed by atoms with E-state index in [0.29, 0.717) is 24.5 Å². The van der Waals surface area contributed by atoms with Gasteiger partial charge in [0, 0.05) is 19.6 Å². The normalized spacial score (nSPS) is 17.1. The molecule has 0 unspecified atom stereocenters. The summed E-state index contributed by atoms with van der Waals surface area (Å²) in [6.45, 7) is 5.46. The van der Waals surface area contributed by atoms with Crippen molar-refractivity contribution in [3.8, 4) is 0 Å². The molecule has 110 valence electrons. The molecule has 5 heteroatoms. The summed E-state index contributed by atoms with van der Waals surface area (Å²) in [4.78, 5) is 0.350. The van der Waals surface area contributed by atoms with E-state index in [1.54, 1.807) is 12.1 Å². The van der Waals surface area contributed by atoms with Crippen molar-refractivity contribution < 1.29 is 8.42 Å². The molecule has 0 bridgehead atoms. The van der Waals surface area contributed by atoms with Gasteiger partial charge in [-0.2, -0.15) is 4.31 Å². The van der Waals surface area contributed by atoms with Crippen LogP contribution in [0, 0.1) is 0 Å². The first-order chi connectivity index (χ1) is 9.48. The molecule has 4 nitrogen and oxygen atoms in total. The topological polar surface area (TPSA) is 63.4 Å². The molecule has 0 fully saturated rings. The van der Waals surface area contributed by atoms with Crippen LogP contribution in [0.2, 0.25) is 0 Å². The third-order valence-corrected chi connectivity index (χ3v) is 5.68. The lowest BCUT2D eigenvalue weighted by Crippen LogP contribution is -2.34. The van der Waals surface area contributed by atoms with Crippen molar-refractivity contribution in [2.24, 2.45) is 5.73 Å². The van der Waals surface area contributed by atoms with Crippen LogP contribution in [0.25, 0.3) is 0 Å². The minimum absolute atomic E-state index is 0.350. The standard InChI is InChI=1S/C15H22N2O2S/c1-3-13-4-5-15(10-14(13)11-16)20(18,19)17-8-6-12(2)7-9-17/h4-6,10H,3,7-9,11,16H2,1-2H3. The Morgan fingerprint density at radius 3 is 2.60 bits per heavy atom. The second-order valence-electron chi connectivity index (χ2n) is 5.15. The average molecular weight is 294 g/mol. The Bertz CT molecular complexity index is 621. The van der Waals surface area contributed by atoms with E-state index in [-0.39, 0.29) is 0 Å². The van der Waals surface area contributed by atoms with Gasteiger partial charge in [-0.25, -0.2) is 8.42 Å². The first kappa shape index (κ1) is 15.2. The fourth-order valence-electron chi connectivity index (χ4n) is 2.42. The summed E-state index contributed by atoms with van der Waals surface area (Å²) in [6.07, 6.45) is 3.64. The molecular weight excluding hydrogens is 272 g/mol. The monoisotopic (exact) mass is 294 g/mol. The lowest BCUT2D eigenvalue weighted by Gasteiger charge is -2.25. The number of nitrogens with zero attached hydrogens (tertiary/aromatic N) is 1. The maximum Gasteiger partial charge on any atom is 0.243 e. The van der Waals surface area contributed by atoms with Crippen LogP contribution in [0.1, 0.15) is 31.4 Å². The minimum atomic E-state index is -3.41. The van der Waals surface area contributed by atoms with Crippen molar-refractivity contribution in [2.45, 2.75) is 38.1 Å². The summed E-state index contributed by atoms with van der Waals surface area (Å²) >= 11 is 0. The molecule has 0 saturated heterocycles. The molecule has 1 aliphatic rings. The van der Waals surface area contributed by atoms with Crippen molar-refractivity contribution in [1.82, 2.24) is 4.31 Å². The van der Waals surface area contributed by atoms with E-state index in [0.717, 1.165) is 24.0 Å². The van der Waals surface area contributed by atoms with Gasteiger partial charge in [0.15, 0.2) is 0 Å². The second-order valence-corrected chi connectivity index (χ2v) is 7.09. The summed E-state index contributed by atoms with van der Waals surface area (Å²) in [5.41, 5.74) is 8.99. The fourth-order valence-corrected chi connectivity index (χ4v) is 3.85. The highest BCUT2D eigenvalue weighted by Gasteiger charge is 2.25. The van der Waals surface area contributed by atoms with Crippen LogP contribution in [0.3, 0.4) is 0 Å². The quantitative estimate of drug-likeness (QED) is 0.864. The van der Waals surface area contributed by atoms with Gasteiger partial charge >= 0.3 is 0 Å². The molecule has 20 heavy (non-hydrogen) atoms. The number of hydrogen-bond donors (Lipinski definition) is 1. The zero-order valence-electron chi connectivity index (χ0n) is 12.1. The SMILES string of the molecule is CCc1ccc(S(=O)(=O)N2CC=C(C)CC2)cc1CN. The lowest BCUT2D eigenvalue weighted by atomic mass is 10.1. The summed E-state index contributed by atoms with van der Waals surface area (Å²) in [5.74, 6) is 0. The summed E-state index contributed by atoms with van der Waals surface area (Å²) in [6, 6.07) is 5.29. The Kier molecular flexibility index (Phi) is 4.62. The van der Waals surface area contributed by atoms with Crippen LogP contribution in [0.5, 0.6) is 0 Å². The lowest BCUT2D eigenvalue weighted by molar-refractivity contribution is 0.431. The van der Waals surface area contributed by atoms with Crippen LogP contribution >= 0.6 is 0 Å². The zero-order valence-corrected chi connectivity index (χ0v) is 12.9. The average Bonchev–Trinajstić information content (AvgIpc) is 2.46. The Labute approximate surface area is 121 Å². The first-order valence-corrected chi connectivity index (χ1v) is 8.40. The van der Waals surface area contributed by atoms with Crippen LogP contribution in [-0.4, -0.2) is 25.8 Å². The third-order valence-electron chi connectivity index (χ3n) is 3.82. The number of rotatable bonds is 4. The number of benzene rings is 1. The van der Waals surface area contributed by atoms with E-state index in [4.69, 9.17) is 5.73 Å². The van der Waals surface area contributed by atoms with Gasteiger partial charge in [-0.3, -0.25) is 0 Å². The van der Waals surface area contributed by atoms with E-state index in [2.05, 4.69) is 0 Å². The van der Waals surface area contributed by atoms with Crippen molar-refractivity contribution >= 4 is 10.0 Å². The molecule has 2 rings (SSSR count). The van der Waals surface area contributed by atoms with Gasteiger partial charge in [0.1, 0.15) is 0 Å².